The first-order chi connectivity index (χ1) is 9.89. The zero-order valence-electron chi connectivity index (χ0n) is 11.4. The van der Waals surface area contributed by atoms with E-state index in [1.54, 1.807) is 0 Å². The van der Waals surface area contributed by atoms with Crippen molar-refractivity contribution in [1.29, 1.82) is 0 Å². The Morgan fingerprint density at radius 1 is 1.19 bits per heavy atom. The van der Waals surface area contributed by atoms with Crippen molar-refractivity contribution in [3.8, 4) is 0 Å². The van der Waals surface area contributed by atoms with Crippen molar-refractivity contribution < 1.29 is 24.4 Å². The molecule has 1 aliphatic rings. The number of carbonyl (C=O) groups is 2. The van der Waals surface area contributed by atoms with E-state index in [4.69, 9.17) is 10.2 Å². The van der Waals surface area contributed by atoms with Crippen LogP contribution in [0.2, 0.25) is 0 Å². The van der Waals surface area contributed by atoms with E-state index in [0.717, 1.165) is 5.30 Å². The number of carboxylic acids is 2. The topological polar surface area (TPSA) is 91.7 Å². The van der Waals surface area contributed by atoms with Crippen LogP contribution in [-0.2, 0) is 14.2 Å². The number of allylic oxidation sites excluding steroid dienone is 2. The van der Waals surface area contributed by atoms with Crippen LogP contribution < -0.4 is 5.30 Å². The van der Waals surface area contributed by atoms with Gasteiger partial charge in [-0.05, 0) is 25.5 Å². The zero-order valence-corrected chi connectivity index (χ0v) is 12.3. The molecule has 21 heavy (non-hydrogen) atoms. The molecule has 0 aromatic heterocycles. The molecule has 1 unspecified atom stereocenters. The average Bonchev–Trinajstić information content (AvgIpc) is 2.48. The highest BCUT2D eigenvalue weighted by atomic mass is 31.1. The van der Waals surface area contributed by atoms with Crippen molar-refractivity contribution in [2.24, 2.45) is 5.41 Å². The van der Waals surface area contributed by atoms with Crippen molar-refractivity contribution in [3.63, 3.8) is 0 Å². The summed E-state index contributed by atoms with van der Waals surface area (Å²) in [6.07, 6.45) is 4.43. The standard InChI is InChI=1S/C9H10O4.C6H5OP/c1-9(8(12)13)4-2-3-6(5-9)7(10)11;7-8-6-4-2-1-3-5-6/h2-4H,5H2,1H3,(H,10,11)(H,12,13);1-5H. The Hall–Kier alpha value is -2.26. The number of benzene rings is 1. The third-order valence-corrected chi connectivity index (χ3v) is 3.45. The molecule has 0 saturated heterocycles. The van der Waals surface area contributed by atoms with Crippen molar-refractivity contribution in [2.75, 3.05) is 0 Å². The molecule has 2 N–H and O–H groups in total. The summed E-state index contributed by atoms with van der Waals surface area (Å²) >= 11 is 0. The molecule has 0 spiro atoms. The van der Waals surface area contributed by atoms with Crippen LogP contribution in [0.3, 0.4) is 0 Å². The van der Waals surface area contributed by atoms with Gasteiger partial charge in [-0.2, -0.15) is 0 Å². The molecular formula is C15H15O5P. The van der Waals surface area contributed by atoms with E-state index in [0.29, 0.717) is 0 Å². The van der Waals surface area contributed by atoms with Crippen molar-refractivity contribution >= 4 is 25.7 Å². The maximum Gasteiger partial charge on any atom is 0.331 e. The van der Waals surface area contributed by atoms with Gasteiger partial charge < -0.3 is 10.2 Å². The predicted octanol–water partition coefficient (Wildman–Crippen LogP) is 2.65. The second kappa shape index (κ2) is 7.50. The van der Waals surface area contributed by atoms with Gasteiger partial charge in [-0.3, -0.25) is 9.36 Å². The lowest BCUT2D eigenvalue weighted by Crippen LogP contribution is -2.28. The second-order valence-corrected chi connectivity index (χ2v) is 5.38. The van der Waals surface area contributed by atoms with Crippen LogP contribution in [0, 0.1) is 5.41 Å². The highest BCUT2D eigenvalue weighted by molar-refractivity contribution is 7.34. The fourth-order valence-corrected chi connectivity index (χ4v) is 1.97. The fraction of sp³-hybridized carbons (Fsp3) is 0.200. The minimum Gasteiger partial charge on any atom is -0.481 e. The SMILES string of the molecule is CC1(C(=O)O)C=CC=C(C(=O)O)C1.O=Pc1ccccc1. The van der Waals surface area contributed by atoms with Crippen LogP contribution in [0.5, 0.6) is 0 Å². The predicted molar refractivity (Wildman–Crippen MR) is 78.9 cm³/mol. The van der Waals surface area contributed by atoms with Crippen LogP contribution >= 0.6 is 8.46 Å². The van der Waals surface area contributed by atoms with Gasteiger partial charge in [0, 0.05) is 10.9 Å². The van der Waals surface area contributed by atoms with Crippen molar-refractivity contribution in [1.82, 2.24) is 0 Å². The molecule has 0 radical (unpaired) electrons. The quantitative estimate of drug-likeness (QED) is 0.838. The summed E-state index contributed by atoms with van der Waals surface area (Å²) in [5, 5.41) is 18.3. The van der Waals surface area contributed by atoms with Crippen LogP contribution in [-0.4, -0.2) is 22.2 Å². The van der Waals surface area contributed by atoms with Crippen molar-refractivity contribution in [2.45, 2.75) is 13.3 Å². The summed E-state index contributed by atoms with van der Waals surface area (Å²) in [7, 11) is 0.0994. The van der Waals surface area contributed by atoms with Crippen LogP contribution in [0.1, 0.15) is 13.3 Å². The number of rotatable bonds is 3. The lowest BCUT2D eigenvalue weighted by atomic mass is 9.80. The zero-order chi connectivity index (χ0) is 15.9. The molecule has 6 heteroatoms. The molecule has 0 fully saturated rings. The average molecular weight is 306 g/mol. The molecule has 1 aliphatic carbocycles. The second-order valence-electron chi connectivity index (χ2n) is 4.68. The summed E-state index contributed by atoms with van der Waals surface area (Å²) in [6.45, 7) is 1.50. The Labute approximate surface area is 123 Å². The van der Waals surface area contributed by atoms with Crippen LogP contribution in [0.25, 0.3) is 0 Å². The number of hydrogen-bond donors (Lipinski definition) is 2. The van der Waals surface area contributed by atoms with Gasteiger partial charge in [-0.1, -0.05) is 36.4 Å². The Morgan fingerprint density at radius 2 is 1.81 bits per heavy atom. The van der Waals surface area contributed by atoms with E-state index in [-0.39, 0.29) is 20.5 Å². The monoisotopic (exact) mass is 306 g/mol. The third kappa shape index (κ3) is 4.97. The molecule has 1 atom stereocenters. The number of hydrogen-bond acceptors (Lipinski definition) is 3. The number of carboxylic acid groups (broad SMARTS) is 2. The third-order valence-electron chi connectivity index (χ3n) is 2.94. The first-order valence-corrected chi connectivity index (χ1v) is 6.94. The van der Waals surface area contributed by atoms with Gasteiger partial charge in [0.25, 0.3) is 0 Å². The summed E-state index contributed by atoms with van der Waals surface area (Å²) < 4.78 is 10.1. The molecule has 0 saturated carbocycles. The molecule has 110 valence electrons. The lowest BCUT2D eigenvalue weighted by Gasteiger charge is -2.23. The van der Waals surface area contributed by atoms with E-state index in [1.807, 2.05) is 30.3 Å². The molecule has 0 bridgehead atoms. The first kappa shape index (κ1) is 16.8. The summed E-state index contributed by atoms with van der Waals surface area (Å²) in [6, 6.07) is 9.25. The van der Waals surface area contributed by atoms with E-state index < -0.39 is 17.4 Å². The summed E-state index contributed by atoms with van der Waals surface area (Å²) in [4.78, 5) is 21.3. The maximum atomic E-state index is 10.8. The molecule has 0 amide bonds. The van der Waals surface area contributed by atoms with Crippen LogP contribution in [0.4, 0.5) is 0 Å². The van der Waals surface area contributed by atoms with Gasteiger partial charge in [0.1, 0.15) is 0 Å². The normalized spacial score (nSPS) is 20.1. The Kier molecular flexibility index (Phi) is 6.00. The molecule has 5 nitrogen and oxygen atoms in total. The van der Waals surface area contributed by atoms with Gasteiger partial charge in [0.05, 0.1) is 5.41 Å². The largest absolute Gasteiger partial charge is 0.481 e. The Bertz CT molecular complexity index is 591. The first-order valence-electron chi connectivity index (χ1n) is 6.12. The van der Waals surface area contributed by atoms with Gasteiger partial charge in [-0.15, -0.1) is 0 Å². The summed E-state index contributed by atoms with van der Waals surface area (Å²) in [5.41, 5.74) is -0.949. The Balaban J connectivity index is 0.000000235. The molecule has 2 rings (SSSR count). The fourth-order valence-electron chi connectivity index (χ4n) is 1.67. The van der Waals surface area contributed by atoms with Gasteiger partial charge in [0.15, 0.2) is 8.46 Å². The molecule has 1 aromatic carbocycles. The van der Waals surface area contributed by atoms with Crippen LogP contribution in [0.15, 0.2) is 54.1 Å². The van der Waals surface area contributed by atoms with E-state index in [9.17, 15) is 14.2 Å². The molecule has 1 aromatic rings. The lowest BCUT2D eigenvalue weighted by molar-refractivity contribution is -0.145. The number of aliphatic carboxylic acids is 2. The molecular weight excluding hydrogens is 291 g/mol. The minimum atomic E-state index is -1.08. The highest BCUT2D eigenvalue weighted by Gasteiger charge is 2.34. The van der Waals surface area contributed by atoms with Gasteiger partial charge in [-0.25, -0.2) is 4.79 Å². The molecule has 0 heterocycles. The van der Waals surface area contributed by atoms with Gasteiger partial charge in [0.2, 0.25) is 0 Å². The molecule has 0 aliphatic heterocycles. The maximum absolute atomic E-state index is 10.8. The van der Waals surface area contributed by atoms with Gasteiger partial charge >= 0.3 is 11.9 Å². The van der Waals surface area contributed by atoms with Crippen molar-refractivity contribution in [3.05, 3.63) is 54.1 Å². The van der Waals surface area contributed by atoms with E-state index in [1.165, 1.54) is 25.2 Å². The summed E-state index contributed by atoms with van der Waals surface area (Å²) in [5.74, 6) is -2.06. The minimum absolute atomic E-state index is 0.0359. The highest BCUT2D eigenvalue weighted by Crippen LogP contribution is 2.31. The van der Waals surface area contributed by atoms with E-state index in [2.05, 4.69) is 0 Å². The Morgan fingerprint density at radius 3 is 2.24 bits per heavy atom. The van der Waals surface area contributed by atoms with E-state index >= 15 is 0 Å². The smallest absolute Gasteiger partial charge is 0.331 e.